The lowest BCUT2D eigenvalue weighted by Crippen LogP contribution is -2.67. The van der Waals surface area contributed by atoms with Gasteiger partial charge in [-0.1, -0.05) is 106 Å². The van der Waals surface area contributed by atoms with Crippen LogP contribution in [0, 0.1) is 11.8 Å². The Morgan fingerprint density at radius 1 is 0.938 bits per heavy atom. The van der Waals surface area contributed by atoms with Gasteiger partial charge in [0.05, 0.1) is 0 Å². The zero-order chi connectivity index (χ0) is 23.0. The van der Waals surface area contributed by atoms with Gasteiger partial charge in [-0.15, -0.1) is 6.58 Å². The van der Waals surface area contributed by atoms with E-state index in [0.29, 0.717) is 12.5 Å². The summed E-state index contributed by atoms with van der Waals surface area (Å²) in [7, 11) is -2.54. The number of thioether (sulfide) groups is 1. The molecule has 0 aliphatic heterocycles. The molecule has 2 aromatic carbocycles. The van der Waals surface area contributed by atoms with Crippen molar-refractivity contribution >= 4 is 30.5 Å². The van der Waals surface area contributed by atoms with E-state index in [2.05, 4.69) is 111 Å². The molecule has 2 atom stereocenters. The smallest absolute Gasteiger partial charge is 0.261 e. The van der Waals surface area contributed by atoms with E-state index in [9.17, 15) is 0 Å². The average molecular weight is 463 g/mol. The van der Waals surface area contributed by atoms with E-state index < -0.39 is 8.32 Å². The maximum Gasteiger partial charge on any atom is 0.261 e. The summed E-state index contributed by atoms with van der Waals surface area (Å²) in [5, 5.41) is 3.40. The van der Waals surface area contributed by atoms with Gasteiger partial charge < -0.3 is 4.43 Å². The molecule has 1 aromatic heterocycles. The van der Waals surface area contributed by atoms with Crippen molar-refractivity contribution in [2.45, 2.75) is 37.9 Å². The Bertz CT molecular complexity index is 922. The van der Waals surface area contributed by atoms with E-state index in [1.807, 2.05) is 6.07 Å². The van der Waals surface area contributed by atoms with Crippen molar-refractivity contribution in [2.24, 2.45) is 11.8 Å². The summed E-state index contributed by atoms with van der Waals surface area (Å²) in [4.78, 5) is 8.67. The van der Waals surface area contributed by atoms with Gasteiger partial charge in [-0.05, 0) is 27.4 Å². The normalized spacial score (nSPS) is 14.0. The minimum atomic E-state index is -2.54. The summed E-state index contributed by atoms with van der Waals surface area (Å²) in [6, 6.07) is 23.4. The molecule has 0 aliphatic carbocycles. The maximum atomic E-state index is 7.12. The van der Waals surface area contributed by atoms with E-state index in [1.54, 1.807) is 24.2 Å². The van der Waals surface area contributed by atoms with Gasteiger partial charge >= 0.3 is 0 Å². The van der Waals surface area contributed by atoms with E-state index in [1.165, 1.54) is 10.4 Å². The second-order valence-electron chi connectivity index (χ2n) is 9.19. The molecular weight excluding hydrogens is 428 g/mol. The molecule has 0 aliphatic rings. The van der Waals surface area contributed by atoms with Gasteiger partial charge in [0.2, 0.25) is 0 Å². The van der Waals surface area contributed by atoms with Gasteiger partial charge in [0.1, 0.15) is 0 Å². The first-order valence-corrected chi connectivity index (χ1v) is 14.0. The van der Waals surface area contributed by atoms with Crippen molar-refractivity contribution < 1.29 is 4.43 Å². The zero-order valence-electron chi connectivity index (χ0n) is 19.6. The molecule has 0 spiro atoms. The molecular formula is C27H34N2OSSi. The third-order valence-corrected chi connectivity index (χ3v) is 12.1. The van der Waals surface area contributed by atoms with Crippen LogP contribution in [0.5, 0.6) is 0 Å². The molecule has 0 saturated carbocycles. The zero-order valence-corrected chi connectivity index (χ0v) is 21.4. The fourth-order valence-corrected chi connectivity index (χ4v) is 9.66. The summed E-state index contributed by atoms with van der Waals surface area (Å²) in [6.45, 7) is 14.0. The Labute approximate surface area is 198 Å². The van der Waals surface area contributed by atoms with Crippen molar-refractivity contribution in [1.82, 2.24) is 9.97 Å². The average Bonchev–Trinajstić information content (AvgIpc) is 2.81. The number of rotatable bonds is 10. The van der Waals surface area contributed by atoms with Crippen molar-refractivity contribution in [1.29, 1.82) is 0 Å². The largest absolute Gasteiger partial charge is 0.407 e. The summed E-state index contributed by atoms with van der Waals surface area (Å²) >= 11 is 1.69. The lowest BCUT2D eigenvalue weighted by Gasteiger charge is -2.44. The van der Waals surface area contributed by atoms with Crippen molar-refractivity contribution in [3.05, 3.63) is 91.8 Å². The molecule has 0 unspecified atom stereocenters. The van der Waals surface area contributed by atoms with Crippen LogP contribution in [0.25, 0.3) is 0 Å². The van der Waals surface area contributed by atoms with Crippen molar-refractivity contribution in [3.63, 3.8) is 0 Å². The van der Waals surface area contributed by atoms with Gasteiger partial charge in [0, 0.05) is 30.7 Å². The number of hydrogen-bond donors (Lipinski definition) is 0. The van der Waals surface area contributed by atoms with E-state index in [4.69, 9.17) is 4.43 Å². The fourth-order valence-electron chi connectivity index (χ4n) is 4.14. The van der Waals surface area contributed by atoms with Crippen LogP contribution in [-0.4, -0.2) is 30.6 Å². The molecule has 3 nitrogen and oxygen atoms in total. The second-order valence-corrected chi connectivity index (χ2v) is 14.5. The predicted molar refractivity (Wildman–Crippen MR) is 139 cm³/mol. The van der Waals surface area contributed by atoms with Crippen LogP contribution in [0.1, 0.15) is 27.7 Å². The summed E-state index contributed by atoms with van der Waals surface area (Å²) in [6.07, 6.45) is 5.63. The highest BCUT2D eigenvalue weighted by Crippen LogP contribution is 2.37. The molecule has 0 bridgehead atoms. The molecule has 3 rings (SSSR count). The van der Waals surface area contributed by atoms with Gasteiger partial charge in [-0.2, -0.15) is 0 Å². The van der Waals surface area contributed by atoms with Crippen molar-refractivity contribution in [2.75, 3.05) is 12.4 Å². The third-order valence-electron chi connectivity index (χ3n) is 5.96. The predicted octanol–water partition coefficient (Wildman–Crippen LogP) is 5.58. The van der Waals surface area contributed by atoms with Gasteiger partial charge in [-0.3, -0.25) is 0 Å². The molecule has 32 heavy (non-hydrogen) atoms. The first-order valence-electron chi connectivity index (χ1n) is 11.2. The quantitative estimate of drug-likeness (QED) is 0.170. The van der Waals surface area contributed by atoms with Crippen LogP contribution >= 0.6 is 11.8 Å². The van der Waals surface area contributed by atoms with Crippen molar-refractivity contribution in [3.8, 4) is 0 Å². The third kappa shape index (κ3) is 5.58. The SMILES string of the molecule is C=C[C@@H](CO[Si](c1ccccc1)(c1ccccc1)C(C)(C)C)[C@@H](C)CSc1ncccn1. The van der Waals surface area contributed by atoms with Gasteiger partial charge in [0.25, 0.3) is 8.32 Å². The summed E-state index contributed by atoms with van der Waals surface area (Å²) in [5.41, 5.74) is 0. The Morgan fingerprint density at radius 2 is 1.47 bits per heavy atom. The highest BCUT2D eigenvalue weighted by molar-refractivity contribution is 7.99. The van der Waals surface area contributed by atoms with E-state index in [0.717, 1.165) is 10.9 Å². The molecule has 1 heterocycles. The Balaban J connectivity index is 1.86. The second kappa shape index (κ2) is 11.1. The number of nitrogens with zero attached hydrogens (tertiary/aromatic N) is 2. The molecule has 0 saturated heterocycles. The molecule has 0 radical (unpaired) electrons. The number of benzene rings is 2. The Kier molecular flexibility index (Phi) is 8.46. The van der Waals surface area contributed by atoms with Gasteiger partial charge in [-0.25, -0.2) is 9.97 Å². The molecule has 0 N–H and O–H groups in total. The maximum absolute atomic E-state index is 7.12. The van der Waals surface area contributed by atoms with Crippen LogP contribution < -0.4 is 10.4 Å². The fraction of sp³-hybridized carbons (Fsp3) is 0.333. The Morgan fingerprint density at radius 3 is 1.94 bits per heavy atom. The lowest BCUT2D eigenvalue weighted by atomic mass is 9.97. The lowest BCUT2D eigenvalue weighted by molar-refractivity contribution is 0.231. The van der Waals surface area contributed by atoms with Crippen LogP contribution in [-0.2, 0) is 4.43 Å². The number of aromatic nitrogens is 2. The number of hydrogen-bond acceptors (Lipinski definition) is 4. The Hall–Kier alpha value is -2.21. The first-order chi connectivity index (χ1) is 15.4. The van der Waals surface area contributed by atoms with Crippen LogP contribution in [0.3, 0.4) is 0 Å². The van der Waals surface area contributed by atoms with Crippen LogP contribution in [0.15, 0.2) is 96.9 Å². The summed E-state index contributed by atoms with van der Waals surface area (Å²) in [5.74, 6) is 1.55. The molecule has 3 aromatic rings. The highest BCUT2D eigenvalue weighted by Gasteiger charge is 2.50. The molecule has 0 amide bonds. The monoisotopic (exact) mass is 462 g/mol. The van der Waals surface area contributed by atoms with Crippen LogP contribution in [0.4, 0.5) is 0 Å². The molecule has 5 heteroatoms. The van der Waals surface area contributed by atoms with E-state index >= 15 is 0 Å². The standard InChI is InChI=1S/C27H34N2OSSi/c1-6-23(22(2)21-31-26-28-18-13-19-29-26)20-30-32(27(3,4)5,24-14-9-7-10-15-24)25-16-11-8-12-17-25/h6-19,22-23H,1,20-21H2,2-5H3/t22-,23-/m0/s1. The minimum absolute atomic E-state index is 0.0305. The highest BCUT2D eigenvalue weighted by atomic mass is 32.2. The molecule has 0 fully saturated rings. The molecule has 168 valence electrons. The minimum Gasteiger partial charge on any atom is -0.407 e. The summed E-state index contributed by atoms with van der Waals surface area (Å²) < 4.78 is 7.12. The van der Waals surface area contributed by atoms with Crippen LogP contribution in [0.2, 0.25) is 5.04 Å². The topological polar surface area (TPSA) is 35.0 Å². The van der Waals surface area contributed by atoms with E-state index in [-0.39, 0.29) is 11.0 Å². The first kappa shape index (κ1) is 24.4. The van der Waals surface area contributed by atoms with Gasteiger partial charge in [0.15, 0.2) is 5.16 Å².